The highest BCUT2D eigenvalue weighted by Crippen LogP contribution is 2.31. The molecule has 0 unspecified atom stereocenters. The van der Waals surface area contributed by atoms with E-state index in [0.717, 1.165) is 12.8 Å². The fraction of sp³-hybridized carbons (Fsp3) is 0.467. The molecule has 0 aromatic carbocycles. The smallest absolute Gasteiger partial charge is 0.403 e. The number of fused-ring (bicyclic) bond motifs is 2. The van der Waals surface area contributed by atoms with Gasteiger partial charge in [-0.3, -0.25) is 4.79 Å². The maximum Gasteiger partial charge on any atom is 0.403 e. The van der Waals surface area contributed by atoms with Crippen LogP contribution in [-0.4, -0.2) is 36.1 Å². The quantitative estimate of drug-likeness (QED) is 0.871. The topological polar surface area (TPSA) is 85.6 Å². The highest BCUT2D eigenvalue weighted by molar-refractivity contribution is 7.15. The molecule has 2 aromatic heterocycles. The number of ether oxygens (including phenoxy) is 2. The number of oxazole rings is 1. The van der Waals surface area contributed by atoms with E-state index in [-0.39, 0.29) is 18.0 Å². The van der Waals surface area contributed by atoms with E-state index in [2.05, 4.69) is 15.6 Å². The molecule has 0 radical (unpaired) electrons. The van der Waals surface area contributed by atoms with Crippen LogP contribution in [0.15, 0.2) is 22.8 Å². The largest absolute Gasteiger partial charge is 0.479 e. The van der Waals surface area contributed by atoms with Crippen LogP contribution in [0.3, 0.4) is 0 Å². The van der Waals surface area contributed by atoms with Crippen molar-refractivity contribution in [2.75, 3.05) is 7.11 Å². The number of thiophene rings is 1. The van der Waals surface area contributed by atoms with Gasteiger partial charge in [0.05, 0.1) is 12.0 Å². The van der Waals surface area contributed by atoms with E-state index in [1.54, 1.807) is 12.1 Å². The molecule has 2 N–H and O–H groups in total. The van der Waals surface area contributed by atoms with Gasteiger partial charge in [-0.25, -0.2) is 0 Å². The minimum atomic E-state index is -0.0609. The third-order valence-corrected chi connectivity index (χ3v) is 5.24. The number of carbonyl (C=O) groups excluding carboxylic acids is 1. The van der Waals surface area contributed by atoms with Gasteiger partial charge < -0.3 is 24.5 Å². The number of carbonyl (C=O) groups is 1. The molecule has 0 saturated carbocycles. The Hall–Kier alpha value is -2.06. The predicted molar refractivity (Wildman–Crippen MR) is 83.3 cm³/mol. The van der Waals surface area contributed by atoms with Crippen LogP contribution in [0.4, 0.5) is 0 Å². The number of hydrogen-bond donors (Lipinski definition) is 2. The monoisotopic (exact) mass is 335 g/mol. The molecular weight excluding hydrogens is 318 g/mol. The van der Waals surface area contributed by atoms with Crippen molar-refractivity contribution >= 4 is 17.2 Å². The molecule has 2 aromatic rings. The van der Waals surface area contributed by atoms with Gasteiger partial charge in [0, 0.05) is 18.1 Å². The number of amides is 1. The number of rotatable bonds is 5. The van der Waals surface area contributed by atoms with Gasteiger partial charge in [-0.2, -0.15) is 0 Å². The van der Waals surface area contributed by atoms with E-state index in [9.17, 15) is 4.79 Å². The number of nitrogens with one attached hydrogen (secondary N) is 2. The second-order valence-corrected chi connectivity index (χ2v) is 6.79. The van der Waals surface area contributed by atoms with E-state index in [4.69, 9.17) is 13.9 Å². The van der Waals surface area contributed by atoms with Gasteiger partial charge in [-0.15, -0.1) is 4.98 Å². The van der Waals surface area contributed by atoms with Crippen molar-refractivity contribution < 1.29 is 18.7 Å². The first kappa shape index (κ1) is 14.5. The lowest BCUT2D eigenvalue weighted by Gasteiger charge is -2.20. The first-order valence-electron chi connectivity index (χ1n) is 7.55. The van der Waals surface area contributed by atoms with Gasteiger partial charge in [-0.1, -0.05) is 11.3 Å². The Labute approximate surface area is 137 Å². The summed E-state index contributed by atoms with van der Waals surface area (Å²) in [5.41, 5.74) is 0. The highest BCUT2D eigenvalue weighted by Gasteiger charge is 2.39. The first-order chi connectivity index (χ1) is 11.2. The van der Waals surface area contributed by atoms with Gasteiger partial charge in [0.1, 0.15) is 0 Å². The Morgan fingerprint density at radius 3 is 3.09 bits per heavy atom. The summed E-state index contributed by atoms with van der Waals surface area (Å²) in [6, 6.07) is 4.68. The zero-order chi connectivity index (χ0) is 15.8. The van der Waals surface area contributed by atoms with E-state index in [1.165, 1.54) is 31.1 Å². The molecule has 3 atom stereocenters. The molecule has 1 amide bonds. The average molecular weight is 335 g/mol. The average Bonchev–Trinajstić information content (AvgIpc) is 3.32. The first-order valence-corrected chi connectivity index (χ1v) is 8.37. The van der Waals surface area contributed by atoms with Gasteiger partial charge in [0.2, 0.25) is 0 Å². The van der Waals surface area contributed by atoms with E-state index >= 15 is 0 Å². The molecule has 8 heteroatoms. The molecule has 2 saturated heterocycles. The molecule has 23 heavy (non-hydrogen) atoms. The van der Waals surface area contributed by atoms with Crippen LogP contribution in [0.2, 0.25) is 0 Å². The van der Waals surface area contributed by atoms with Crippen LogP contribution in [0.5, 0.6) is 17.0 Å². The summed E-state index contributed by atoms with van der Waals surface area (Å²) < 4.78 is 15.5. The molecule has 2 aliphatic rings. The maximum absolute atomic E-state index is 12.4. The van der Waals surface area contributed by atoms with E-state index in [1.807, 2.05) is 0 Å². The second kappa shape index (κ2) is 5.86. The Kier molecular flexibility index (Phi) is 3.70. The molecular formula is C15H17N3O4S. The Morgan fingerprint density at radius 1 is 1.48 bits per heavy atom. The van der Waals surface area contributed by atoms with Crippen LogP contribution in [0.25, 0.3) is 0 Å². The Balaban J connectivity index is 1.38. The fourth-order valence-corrected chi connectivity index (χ4v) is 3.94. The van der Waals surface area contributed by atoms with Crippen molar-refractivity contribution in [3.05, 3.63) is 23.3 Å². The van der Waals surface area contributed by atoms with Crippen LogP contribution in [0, 0.1) is 0 Å². The van der Waals surface area contributed by atoms with Crippen molar-refractivity contribution in [3.63, 3.8) is 0 Å². The lowest BCUT2D eigenvalue weighted by atomic mass is 9.95. The number of methoxy groups -OCH3 is 1. The zero-order valence-electron chi connectivity index (χ0n) is 12.6. The number of hydrogen-bond acceptors (Lipinski definition) is 7. The van der Waals surface area contributed by atoms with Crippen molar-refractivity contribution in [3.8, 4) is 17.0 Å². The summed E-state index contributed by atoms with van der Waals surface area (Å²) >= 11 is 1.26. The third kappa shape index (κ3) is 2.91. The fourth-order valence-electron chi connectivity index (χ4n) is 3.19. The summed E-state index contributed by atoms with van der Waals surface area (Å²) in [7, 11) is 1.50. The van der Waals surface area contributed by atoms with Gasteiger partial charge in [-0.05, 0) is 31.4 Å². The summed E-state index contributed by atoms with van der Waals surface area (Å²) in [6.45, 7) is 0. The van der Waals surface area contributed by atoms with Crippen molar-refractivity contribution in [1.82, 2.24) is 15.6 Å². The zero-order valence-corrected chi connectivity index (χ0v) is 13.4. The van der Waals surface area contributed by atoms with Crippen LogP contribution >= 0.6 is 11.3 Å². The molecule has 7 nitrogen and oxygen atoms in total. The van der Waals surface area contributed by atoms with Crippen LogP contribution in [-0.2, 0) is 0 Å². The highest BCUT2D eigenvalue weighted by atomic mass is 32.1. The predicted octanol–water partition coefficient (Wildman–Crippen LogP) is 2.16. The van der Waals surface area contributed by atoms with Crippen molar-refractivity contribution in [2.24, 2.45) is 0 Å². The van der Waals surface area contributed by atoms with Gasteiger partial charge in [0.15, 0.2) is 11.3 Å². The normalized spacial score (nSPS) is 25.5. The molecule has 4 heterocycles. The third-order valence-electron chi connectivity index (χ3n) is 4.28. The van der Waals surface area contributed by atoms with Crippen LogP contribution < -0.4 is 20.1 Å². The van der Waals surface area contributed by atoms with Gasteiger partial charge in [0.25, 0.3) is 11.8 Å². The lowest BCUT2D eigenvalue weighted by molar-refractivity contribution is 0.0935. The molecule has 4 rings (SSSR count). The molecule has 122 valence electrons. The SMILES string of the molecule is COc1coc(Oc2ccc(C(=O)N[C@@H]3C[C@H]4CC[C@@H]3N4)s2)n1. The van der Waals surface area contributed by atoms with Gasteiger partial charge >= 0.3 is 6.08 Å². The summed E-state index contributed by atoms with van der Waals surface area (Å²) in [5.74, 6) is 0.285. The summed E-state index contributed by atoms with van der Waals surface area (Å²) in [4.78, 5) is 16.9. The van der Waals surface area contributed by atoms with Crippen molar-refractivity contribution in [2.45, 2.75) is 37.4 Å². The minimum absolute atomic E-state index is 0.0609. The maximum atomic E-state index is 12.4. The van der Waals surface area contributed by atoms with E-state index < -0.39 is 0 Å². The molecule has 2 fully saturated rings. The Bertz CT molecular complexity index is 713. The number of nitrogens with zero attached hydrogens (tertiary/aromatic N) is 1. The van der Waals surface area contributed by atoms with E-state index in [0.29, 0.717) is 27.9 Å². The standard InChI is InChI=1S/C15H17N3O4S/c1-20-12-7-21-15(18-12)22-13-5-4-11(23-13)14(19)17-10-6-8-2-3-9(10)16-8/h4-5,7-10,16H,2-3,6H2,1H3,(H,17,19)/t8-,9+,10-/m1/s1. The van der Waals surface area contributed by atoms with Crippen molar-refractivity contribution in [1.29, 1.82) is 0 Å². The summed E-state index contributed by atoms with van der Waals surface area (Å²) in [6.07, 6.45) is 4.82. The molecule has 2 bridgehead atoms. The Morgan fingerprint density at radius 2 is 2.39 bits per heavy atom. The molecule has 0 aliphatic carbocycles. The molecule has 0 spiro atoms. The van der Waals surface area contributed by atoms with Crippen LogP contribution in [0.1, 0.15) is 28.9 Å². The minimum Gasteiger partial charge on any atom is -0.479 e. The second-order valence-electron chi connectivity index (χ2n) is 5.74. The molecule has 2 aliphatic heterocycles. The lowest BCUT2D eigenvalue weighted by Crippen LogP contribution is -2.42. The number of aromatic nitrogens is 1. The summed E-state index contributed by atoms with van der Waals surface area (Å²) in [5, 5.41) is 7.17.